The van der Waals surface area contributed by atoms with Gasteiger partial charge in [0.05, 0.1) is 7.11 Å². The summed E-state index contributed by atoms with van der Waals surface area (Å²) < 4.78 is 5.22. The van der Waals surface area contributed by atoms with Crippen LogP contribution < -0.4 is 26.2 Å². The molecule has 1 aromatic carbocycles. The van der Waals surface area contributed by atoms with Gasteiger partial charge in [-0.15, -0.1) is 0 Å². The largest absolute Gasteiger partial charge is 0.497 e. The van der Waals surface area contributed by atoms with Gasteiger partial charge < -0.3 is 25.6 Å². The predicted octanol–water partition coefficient (Wildman–Crippen LogP) is 1.20. The number of hydrogen-bond acceptors (Lipinski definition) is 7. The second-order valence-electron chi connectivity index (χ2n) is 10.9. The van der Waals surface area contributed by atoms with Crippen molar-refractivity contribution in [3.05, 3.63) is 29.8 Å². The lowest BCUT2D eigenvalue weighted by Gasteiger charge is -2.34. The average molecular weight is 574 g/mol. The number of benzene rings is 1. The molecule has 0 saturated carbocycles. The van der Waals surface area contributed by atoms with Gasteiger partial charge in [0.15, 0.2) is 0 Å². The Morgan fingerprint density at radius 2 is 1.71 bits per heavy atom. The Kier molecular flexibility index (Phi) is 11.9. The second kappa shape index (κ2) is 15.4. The molecule has 2 aliphatic heterocycles. The van der Waals surface area contributed by atoms with Gasteiger partial charge in [0.2, 0.25) is 29.5 Å². The van der Waals surface area contributed by atoms with E-state index in [0.29, 0.717) is 50.8 Å². The maximum absolute atomic E-state index is 13.7. The van der Waals surface area contributed by atoms with Crippen LogP contribution in [0.5, 0.6) is 5.75 Å². The third-order valence-electron chi connectivity index (χ3n) is 8.00. The molecule has 0 radical (unpaired) electrons. The number of methoxy groups -OCH3 is 1. The zero-order chi connectivity index (χ0) is 29.9. The lowest BCUT2D eigenvalue weighted by molar-refractivity contribution is -0.144. The standard InChI is InChI=1S/C29H43N5O7/c1-4-18(2)25-29(39)34-16-8-10-23(34)28(38)30-21(9-6-5-7-11-24(35)33-40)26(36)31-22(27(37)32-25)17-19-12-14-20(41-3)15-13-19/h12-15,18,21-23,25,40H,4-11,16-17H2,1-3H3,(H,30,38)(H,31,36)(H,32,37)(H,33,35)/t18-,21-,22-,23+,25-/m0/s1. The summed E-state index contributed by atoms with van der Waals surface area (Å²) in [5.41, 5.74) is 2.38. The Morgan fingerprint density at radius 1 is 1.02 bits per heavy atom. The quantitative estimate of drug-likeness (QED) is 0.151. The van der Waals surface area contributed by atoms with Crippen LogP contribution in [0.25, 0.3) is 0 Å². The zero-order valence-electron chi connectivity index (χ0n) is 24.1. The molecule has 2 aliphatic rings. The van der Waals surface area contributed by atoms with Crippen LogP contribution in [-0.4, -0.2) is 77.5 Å². The number of nitrogens with zero attached hydrogens (tertiary/aromatic N) is 1. The topological polar surface area (TPSA) is 166 Å². The van der Waals surface area contributed by atoms with E-state index in [1.807, 2.05) is 26.0 Å². The number of hydroxylamine groups is 1. The Balaban J connectivity index is 1.88. The molecule has 0 spiro atoms. The number of amides is 5. The van der Waals surface area contributed by atoms with Crippen molar-refractivity contribution in [1.29, 1.82) is 0 Å². The highest BCUT2D eigenvalue weighted by Crippen LogP contribution is 2.23. The lowest BCUT2D eigenvalue weighted by Crippen LogP contribution is -2.62. The minimum atomic E-state index is -0.989. The smallest absolute Gasteiger partial charge is 0.246 e. The summed E-state index contributed by atoms with van der Waals surface area (Å²) in [4.78, 5) is 67.2. The van der Waals surface area contributed by atoms with E-state index in [9.17, 15) is 24.0 Å². The fourth-order valence-corrected chi connectivity index (χ4v) is 5.30. The van der Waals surface area contributed by atoms with Crippen LogP contribution in [0.2, 0.25) is 0 Å². The van der Waals surface area contributed by atoms with Crippen molar-refractivity contribution in [3.8, 4) is 5.75 Å². The molecule has 12 nitrogen and oxygen atoms in total. The second-order valence-corrected chi connectivity index (χ2v) is 10.9. The molecule has 12 heteroatoms. The first kappa shape index (κ1) is 31.9. The fraction of sp³-hybridized carbons (Fsp3) is 0.621. The molecule has 1 aromatic rings. The number of fused-ring (bicyclic) bond motifs is 1. The van der Waals surface area contributed by atoms with Crippen LogP contribution in [0.3, 0.4) is 0 Å². The van der Waals surface area contributed by atoms with Crippen molar-refractivity contribution in [3.63, 3.8) is 0 Å². The Hall–Kier alpha value is -3.67. The molecule has 5 amide bonds. The van der Waals surface area contributed by atoms with E-state index in [0.717, 1.165) is 5.56 Å². The van der Waals surface area contributed by atoms with Crippen molar-refractivity contribution < 1.29 is 33.9 Å². The summed E-state index contributed by atoms with van der Waals surface area (Å²) in [5.74, 6) is -1.66. The van der Waals surface area contributed by atoms with E-state index >= 15 is 0 Å². The minimum absolute atomic E-state index is 0.139. The first-order valence-corrected chi connectivity index (χ1v) is 14.5. The van der Waals surface area contributed by atoms with Gasteiger partial charge in [0.1, 0.15) is 29.9 Å². The van der Waals surface area contributed by atoms with Gasteiger partial charge in [-0.3, -0.25) is 29.2 Å². The molecule has 0 aromatic heterocycles. The molecule has 2 saturated heterocycles. The number of rotatable bonds is 11. The Morgan fingerprint density at radius 3 is 2.37 bits per heavy atom. The molecule has 0 aliphatic carbocycles. The molecule has 41 heavy (non-hydrogen) atoms. The molecule has 2 fully saturated rings. The Bertz CT molecular complexity index is 1080. The summed E-state index contributed by atoms with van der Waals surface area (Å²) in [6.07, 6.45) is 3.97. The van der Waals surface area contributed by atoms with Crippen LogP contribution in [-0.2, 0) is 30.4 Å². The van der Waals surface area contributed by atoms with Crippen LogP contribution in [0.1, 0.15) is 70.8 Å². The van der Waals surface area contributed by atoms with Crippen LogP contribution in [0, 0.1) is 5.92 Å². The maximum Gasteiger partial charge on any atom is 0.246 e. The van der Waals surface area contributed by atoms with E-state index in [4.69, 9.17) is 9.94 Å². The number of carbonyl (C=O) groups excluding carboxylic acids is 5. The number of ether oxygens (including phenoxy) is 1. The van der Waals surface area contributed by atoms with Gasteiger partial charge in [0, 0.05) is 19.4 Å². The fourth-order valence-electron chi connectivity index (χ4n) is 5.30. The molecule has 5 atom stereocenters. The molecule has 2 heterocycles. The molecular formula is C29H43N5O7. The third kappa shape index (κ3) is 8.66. The van der Waals surface area contributed by atoms with Gasteiger partial charge in [-0.05, 0) is 49.3 Å². The normalized spacial score (nSPS) is 24.2. The van der Waals surface area contributed by atoms with E-state index in [-0.39, 0.29) is 31.1 Å². The molecule has 226 valence electrons. The molecule has 3 rings (SSSR count). The summed E-state index contributed by atoms with van der Waals surface area (Å²) in [6.45, 7) is 4.22. The van der Waals surface area contributed by atoms with Crippen molar-refractivity contribution >= 4 is 29.5 Å². The average Bonchev–Trinajstić information content (AvgIpc) is 3.48. The monoisotopic (exact) mass is 573 g/mol. The number of unbranched alkanes of at least 4 members (excludes halogenated alkanes) is 2. The van der Waals surface area contributed by atoms with Crippen molar-refractivity contribution in [2.45, 2.75) is 95.8 Å². The van der Waals surface area contributed by atoms with Gasteiger partial charge in [-0.2, -0.15) is 0 Å². The van der Waals surface area contributed by atoms with Gasteiger partial charge >= 0.3 is 0 Å². The lowest BCUT2D eigenvalue weighted by atomic mass is 9.95. The van der Waals surface area contributed by atoms with Crippen LogP contribution >= 0.6 is 0 Å². The zero-order valence-corrected chi connectivity index (χ0v) is 24.1. The molecule has 0 unspecified atom stereocenters. The highest BCUT2D eigenvalue weighted by Gasteiger charge is 2.41. The highest BCUT2D eigenvalue weighted by atomic mass is 16.5. The third-order valence-corrected chi connectivity index (χ3v) is 8.00. The van der Waals surface area contributed by atoms with Crippen LogP contribution in [0.4, 0.5) is 0 Å². The van der Waals surface area contributed by atoms with Gasteiger partial charge in [-0.25, -0.2) is 5.48 Å². The number of nitrogens with one attached hydrogen (secondary N) is 4. The summed E-state index contributed by atoms with van der Waals surface area (Å²) in [6, 6.07) is 3.68. The minimum Gasteiger partial charge on any atom is -0.497 e. The molecule has 5 N–H and O–H groups in total. The SMILES string of the molecule is CC[C@H](C)[C@@H]1NC(=O)[C@H](Cc2ccc(OC)cc2)NC(=O)[C@H](CCCCCC(=O)NO)NC(=O)[C@H]2CCCN2C1=O. The van der Waals surface area contributed by atoms with E-state index in [2.05, 4.69) is 16.0 Å². The van der Waals surface area contributed by atoms with E-state index in [1.165, 1.54) is 4.90 Å². The van der Waals surface area contributed by atoms with E-state index in [1.54, 1.807) is 24.7 Å². The van der Waals surface area contributed by atoms with Crippen molar-refractivity contribution in [1.82, 2.24) is 26.3 Å². The molecular weight excluding hydrogens is 530 g/mol. The molecule has 0 bridgehead atoms. The van der Waals surface area contributed by atoms with Gasteiger partial charge in [0.25, 0.3) is 0 Å². The highest BCUT2D eigenvalue weighted by molar-refractivity contribution is 5.98. The van der Waals surface area contributed by atoms with Crippen LogP contribution in [0.15, 0.2) is 24.3 Å². The summed E-state index contributed by atoms with van der Waals surface area (Å²) >= 11 is 0. The predicted molar refractivity (Wildman–Crippen MR) is 150 cm³/mol. The van der Waals surface area contributed by atoms with Crippen molar-refractivity contribution in [2.75, 3.05) is 13.7 Å². The number of carbonyl (C=O) groups is 5. The van der Waals surface area contributed by atoms with Crippen molar-refractivity contribution in [2.24, 2.45) is 5.92 Å². The van der Waals surface area contributed by atoms with Gasteiger partial charge in [-0.1, -0.05) is 45.2 Å². The van der Waals surface area contributed by atoms with E-state index < -0.39 is 47.8 Å². The first-order valence-electron chi connectivity index (χ1n) is 14.5. The maximum atomic E-state index is 13.7. The summed E-state index contributed by atoms with van der Waals surface area (Å²) in [7, 11) is 1.56. The summed E-state index contributed by atoms with van der Waals surface area (Å²) in [5, 5.41) is 17.3. The number of hydrogen-bond donors (Lipinski definition) is 5. The first-order chi connectivity index (χ1) is 19.7. The Labute approximate surface area is 240 Å².